The molecule has 32 heavy (non-hydrogen) atoms. The molecule has 0 atom stereocenters. The number of nitrogens with zero attached hydrogens (tertiary/aromatic N) is 6. The van der Waals surface area contributed by atoms with E-state index in [-0.39, 0.29) is 17.8 Å². The molecule has 0 aromatic carbocycles. The molecule has 5 rings (SSSR count). The highest BCUT2D eigenvalue weighted by Crippen LogP contribution is 2.26. The van der Waals surface area contributed by atoms with Crippen molar-refractivity contribution >= 4 is 16.7 Å². The van der Waals surface area contributed by atoms with E-state index in [0.717, 1.165) is 54.2 Å². The number of aromatic nitrogens is 5. The Morgan fingerprint density at radius 3 is 2.69 bits per heavy atom. The highest BCUT2D eigenvalue weighted by Gasteiger charge is 2.19. The summed E-state index contributed by atoms with van der Waals surface area (Å²) in [6.07, 6.45) is 12.2. The van der Waals surface area contributed by atoms with Gasteiger partial charge in [-0.1, -0.05) is 0 Å². The maximum atomic E-state index is 13.4. The number of ketones is 1. The van der Waals surface area contributed by atoms with Crippen LogP contribution in [0.5, 0.6) is 0 Å². The number of carbonyl (C=O) groups is 1. The first-order chi connectivity index (χ1) is 15.5. The maximum absolute atomic E-state index is 13.4. The van der Waals surface area contributed by atoms with Crippen molar-refractivity contribution < 1.29 is 9.18 Å². The van der Waals surface area contributed by atoms with Crippen molar-refractivity contribution in [3.8, 4) is 11.1 Å². The first-order valence-electron chi connectivity index (χ1n) is 10.7. The van der Waals surface area contributed by atoms with E-state index in [1.165, 1.54) is 12.3 Å². The van der Waals surface area contributed by atoms with E-state index in [1.54, 1.807) is 6.20 Å². The predicted molar refractivity (Wildman–Crippen MR) is 119 cm³/mol. The molecule has 5 heterocycles. The van der Waals surface area contributed by atoms with Gasteiger partial charge in [0.05, 0.1) is 36.6 Å². The van der Waals surface area contributed by atoms with E-state index in [0.29, 0.717) is 11.7 Å². The number of hydrogen-bond donors (Lipinski definition) is 0. The summed E-state index contributed by atoms with van der Waals surface area (Å²) in [6.45, 7) is 2.16. The Balaban J connectivity index is 1.37. The maximum Gasteiger partial charge on any atom is 0.170 e. The van der Waals surface area contributed by atoms with Crippen molar-refractivity contribution in [3.63, 3.8) is 0 Å². The van der Waals surface area contributed by atoms with Crippen LogP contribution >= 0.6 is 0 Å². The molecule has 0 spiro atoms. The number of hydrogen-bond acceptors (Lipinski definition) is 6. The van der Waals surface area contributed by atoms with Crippen LogP contribution in [0, 0.1) is 5.82 Å². The van der Waals surface area contributed by atoms with Gasteiger partial charge < -0.3 is 4.90 Å². The van der Waals surface area contributed by atoms with Crippen molar-refractivity contribution in [2.75, 3.05) is 20.1 Å². The molecular weight excluding hydrogens is 407 g/mol. The van der Waals surface area contributed by atoms with Crippen LogP contribution in [0.2, 0.25) is 0 Å². The average Bonchev–Trinajstić information content (AvgIpc) is 3.29. The van der Waals surface area contributed by atoms with Gasteiger partial charge in [-0.2, -0.15) is 5.10 Å². The fourth-order valence-corrected chi connectivity index (χ4v) is 4.11. The number of piperidine rings is 1. The van der Waals surface area contributed by atoms with E-state index in [2.05, 4.69) is 42.9 Å². The van der Waals surface area contributed by atoms with Crippen LogP contribution in [0.3, 0.4) is 0 Å². The Kier molecular flexibility index (Phi) is 5.45. The van der Waals surface area contributed by atoms with Gasteiger partial charge in [-0.3, -0.25) is 24.4 Å². The number of carbonyl (C=O) groups excluding carboxylic acids is 1. The van der Waals surface area contributed by atoms with Crippen molar-refractivity contribution in [1.82, 2.24) is 29.6 Å². The Hall–Kier alpha value is -3.52. The van der Waals surface area contributed by atoms with Crippen LogP contribution in [0.1, 0.15) is 34.9 Å². The third-order valence-corrected chi connectivity index (χ3v) is 5.99. The molecule has 8 heteroatoms. The number of fused-ring (bicyclic) bond motifs is 1. The summed E-state index contributed by atoms with van der Waals surface area (Å²) in [7, 11) is 2.15. The smallest absolute Gasteiger partial charge is 0.170 e. The van der Waals surface area contributed by atoms with Gasteiger partial charge in [0.1, 0.15) is 5.82 Å². The second-order valence-electron chi connectivity index (χ2n) is 8.33. The molecule has 0 saturated carbocycles. The summed E-state index contributed by atoms with van der Waals surface area (Å²) in [4.78, 5) is 27.5. The zero-order chi connectivity index (χ0) is 22.1. The Morgan fingerprint density at radius 1 is 1.03 bits per heavy atom. The SMILES string of the molecule is CN1CCC(n2cc(-c3cnc4cnc(CC(=O)c5cncc(F)c5)cc4c3)cn2)CC1. The zero-order valence-electron chi connectivity index (χ0n) is 17.8. The normalized spacial score (nSPS) is 15.3. The van der Waals surface area contributed by atoms with Crippen molar-refractivity contribution in [3.05, 3.63) is 72.5 Å². The molecule has 4 aromatic rings. The van der Waals surface area contributed by atoms with Crippen LogP contribution in [-0.2, 0) is 6.42 Å². The topological polar surface area (TPSA) is 76.8 Å². The molecule has 1 fully saturated rings. The van der Waals surface area contributed by atoms with E-state index in [4.69, 9.17) is 0 Å². The summed E-state index contributed by atoms with van der Waals surface area (Å²) < 4.78 is 15.4. The fraction of sp³-hybridized carbons (Fsp3) is 0.292. The quantitative estimate of drug-likeness (QED) is 0.449. The lowest BCUT2D eigenvalue weighted by atomic mass is 10.1. The molecule has 0 unspecified atom stereocenters. The Morgan fingerprint density at radius 2 is 1.88 bits per heavy atom. The zero-order valence-corrected chi connectivity index (χ0v) is 17.8. The standard InChI is InChI=1S/C24H23FN6O/c1-30-4-2-22(3-5-30)31-15-19(12-29-31)17-6-16-8-21(27-14-23(16)28-11-17)9-24(32)18-7-20(25)13-26-10-18/h6-8,10-15,22H,2-5,9H2,1H3. The number of halogens is 1. The minimum absolute atomic E-state index is 0.0688. The van der Waals surface area contributed by atoms with Gasteiger partial charge in [0.25, 0.3) is 0 Å². The van der Waals surface area contributed by atoms with Crippen LogP contribution < -0.4 is 0 Å². The Bertz CT molecular complexity index is 1280. The average molecular weight is 430 g/mol. The molecule has 0 amide bonds. The van der Waals surface area contributed by atoms with Gasteiger partial charge in [-0.15, -0.1) is 0 Å². The monoisotopic (exact) mass is 430 g/mol. The molecule has 0 bridgehead atoms. The van der Waals surface area contributed by atoms with Crippen LogP contribution in [0.4, 0.5) is 4.39 Å². The van der Waals surface area contributed by atoms with Gasteiger partial charge in [-0.25, -0.2) is 4.39 Å². The lowest BCUT2D eigenvalue weighted by Gasteiger charge is -2.28. The van der Waals surface area contributed by atoms with Gasteiger partial charge in [0.2, 0.25) is 0 Å². The molecular formula is C24H23FN6O. The summed E-state index contributed by atoms with van der Waals surface area (Å²) in [5, 5.41) is 5.49. The largest absolute Gasteiger partial charge is 0.306 e. The van der Waals surface area contributed by atoms with E-state index >= 15 is 0 Å². The molecule has 0 N–H and O–H groups in total. The van der Waals surface area contributed by atoms with Crippen molar-refractivity contribution in [2.24, 2.45) is 0 Å². The summed E-state index contributed by atoms with van der Waals surface area (Å²) in [5.74, 6) is -0.760. The lowest BCUT2D eigenvalue weighted by Crippen LogP contribution is -2.31. The van der Waals surface area contributed by atoms with Gasteiger partial charge in [0.15, 0.2) is 5.78 Å². The molecule has 162 valence electrons. The second kappa shape index (κ2) is 8.55. The highest BCUT2D eigenvalue weighted by molar-refractivity contribution is 5.97. The number of rotatable bonds is 5. The molecule has 1 aliphatic rings. The molecule has 1 aliphatic heterocycles. The van der Waals surface area contributed by atoms with Crippen LogP contribution in [0.25, 0.3) is 22.0 Å². The van der Waals surface area contributed by atoms with Crippen molar-refractivity contribution in [2.45, 2.75) is 25.3 Å². The first kappa shape index (κ1) is 20.4. The number of Topliss-reactive ketones (excluding diaryl/α,β-unsaturated/α-hetero) is 1. The first-order valence-corrected chi connectivity index (χ1v) is 10.7. The summed E-state index contributed by atoms with van der Waals surface area (Å²) in [5.41, 5.74) is 3.57. The minimum Gasteiger partial charge on any atom is -0.306 e. The summed E-state index contributed by atoms with van der Waals surface area (Å²) >= 11 is 0. The Labute approximate surface area is 184 Å². The molecule has 0 radical (unpaired) electrons. The minimum atomic E-state index is -0.531. The van der Waals surface area contributed by atoms with Crippen LogP contribution in [-0.4, -0.2) is 55.6 Å². The van der Waals surface area contributed by atoms with E-state index in [1.807, 2.05) is 24.5 Å². The van der Waals surface area contributed by atoms with Gasteiger partial charge in [0, 0.05) is 46.4 Å². The predicted octanol–water partition coefficient (Wildman–Crippen LogP) is 3.72. The molecule has 4 aromatic heterocycles. The highest BCUT2D eigenvalue weighted by atomic mass is 19.1. The third kappa shape index (κ3) is 4.27. The number of pyridine rings is 3. The van der Waals surface area contributed by atoms with E-state index < -0.39 is 5.82 Å². The molecule has 1 saturated heterocycles. The molecule has 7 nitrogen and oxygen atoms in total. The third-order valence-electron chi connectivity index (χ3n) is 5.99. The van der Waals surface area contributed by atoms with E-state index in [9.17, 15) is 9.18 Å². The second-order valence-corrected chi connectivity index (χ2v) is 8.33. The lowest BCUT2D eigenvalue weighted by molar-refractivity contribution is 0.0991. The van der Waals surface area contributed by atoms with Gasteiger partial charge >= 0.3 is 0 Å². The number of likely N-dealkylation sites (tertiary alicyclic amines) is 1. The fourth-order valence-electron chi connectivity index (χ4n) is 4.11. The van der Waals surface area contributed by atoms with Crippen LogP contribution in [0.15, 0.2) is 55.4 Å². The molecule has 0 aliphatic carbocycles. The van der Waals surface area contributed by atoms with Crippen molar-refractivity contribution in [1.29, 1.82) is 0 Å². The summed E-state index contributed by atoms with van der Waals surface area (Å²) in [6, 6.07) is 5.51. The van der Waals surface area contributed by atoms with Gasteiger partial charge in [-0.05, 0) is 51.2 Å².